The first-order valence-corrected chi connectivity index (χ1v) is 8.33. The van der Waals surface area contributed by atoms with Crippen LogP contribution < -0.4 is 0 Å². The normalized spacial score (nSPS) is 11.1. The number of rotatable bonds is 5. The summed E-state index contributed by atoms with van der Waals surface area (Å²) in [6.07, 6.45) is 1.68. The van der Waals surface area contributed by atoms with Gasteiger partial charge in [-0.1, -0.05) is 6.92 Å². The van der Waals surface area contributed by atoms with Crippen LogP contribution in [-0.4, -0.2) is 21.3 Å². The van der Waals surface area contributed by atoms with E-state index in [0.29, 0.717) is 11.3 Å². The van der Waals surface area contributed by atoms with Crippen LogP contribution in [0.3, 0.4) is 0 Å². The fourth-order valence-electron chi connectivity index (χ4n) is 1.95. The summed E-state index contributed by atoms with van der Waals surface area (Å²) in [6.45, 7) is 6.14. The van der Waals surface area contributed by atoms with E-state index >= 15 is 0 Å². The second-order valence-electron chi connectivity index (χ2n) is 4.67. The molecule has 0 aliphatic heterocycles. The first-order valence-electron chi connectivity index (χ1n) is 6.55. The molecular weight excluding hydrogens is 336 g/mol. The van der Waals surface area contributed by atoms with Crippen molar-refractivity contribution in [3.05, 3.63) is 46.2 Å². The van der Waals surface area contributed by atoms with Crippen LogP contribution in [-0.2, 0) is 0 Å². The summed E-state index contributed by atoms with van der Waals surface area (Å²) in [4.78, 5) is 13.8. The number of aromatic nitrogens is 2. The molecule has 0 aliphatic rings. The van der Waals surface area contributed by atoms with E-state index in [1.807, 2.05) is 38.1 Å². The first kappa shape index (κ1) is 15.3. The van der Waals surface area contributed by atoms with Crippen molar-refractivity contribution < 1.29 is 4.79 Å². The molecule has 0 saturated heterocycles. The summed E-state index contributed by atoms with van der Waals surface area (Å²) in [5.41, 5.74) is 1.30. The van der Waals surface area contributed by atoms with Gasteiger partial charge in [-0.05, 0) is 59.8 Å². The van der Waals surface area contributed by atoms with Crippen LogP contribution in [0.25, 0.3) is 0 Å². The van der Waals surface area contributed by atoms with Crippen molar-refractivity contribution in [2.75, 3.05) is 5.75 Å². The lowest BCUT2D eigenvalue weighted by molar-refractivity contribution is 0.102. The molecule has 1 heterocycles. The quantitative estimate of drug-likeness (QED) is 0.583. The lowest BCUT2D eigenvalue weighted by atomic mass is 10.1. The third-order valence-corrected chi connectivity index (χ3v) is 4.36. The molecule has 0 atom stereocenters. The van der Waals surface area contributed by atoms with Crippen LogP contribution in [0.5, 0.6) is 0 Å². The van der Waals surface area contributed by atoms with Gasteiger partial charge in [0.05, 0.1) is 10.7 Å². The highest BCUT2D eigenvalue weighted by molar-refractivity contribution is 9.10. The molecule has 2 aromatic rings. The van der Waals surface area contributed by atoms with E-state index in [1.165, 1.54) is 4.90 Å². The van der Waals surface area contributed by atoms with Crippen LogP contribution >= 0.6 is 27.7 Å². The largest absolute Gasteiger partial charge is 0.287 e. The Balaban J connectivity index is 2.34. The van der Waals surface area contributed by atoms with Gasteiger partial charge in [0.25, 0.3) is 0 Å². The third-order valence-electron chi connectivity index (χ3n) is 2.88. The Labute approximate surface area is 131 Å². The maximum absolute atomic E-state index is 12.6. The Bertz CT molecular complexity index is 605. The fraction of sp³-hybridized carbons (Fsp3) is 0.333. The van der Waals surface area contributed by atoms with E-state index in [2.05, 4.69) is 28.0 Å². The molecule has 0 radical (unpaired) electrons. The fourth-order valence-corrected chi connectivity index (χ4v) is 3.07. The van der Waals surface area contributed by atoms with E-state index in [4.69, 9.17) is 0 Å². The molecule has 106 valence electrons. The molecule has 3 nitrogen and oxygen atoms in total. The SMILES string of the molecule is CCSc1ccc(C(=O)c2c(Br)cnn2C(C)C)cc1. The second kappa shape index (κ2) is 6.59. The van der Waals surface area contributed by atoms with Crippen molar-refractivity contribution in [2.45, 2.75) is 31.7 Å². The van der Waals surface area contributed by atoms with Crippen molar-refractivity contribution in [3.63, 3.8) is 0 Å². The lowest BCUT2D eigenvalue weighted by Crippen LogP contribution is -2.13. The number of thioether (sulfide) groups is 1. The Hall–Kier alpha value is -1.07. The van der Waals surface area contributed by atoms with Gasteiger partial charge in [0.15, 0.2) is 0 Å². The van der Waals surface area contributed by atoms with Gasteiger partial charge in [0, 0.05) is 16.5 Å². The highest BCUT2D eigenvalue weighted by Gasteiger charge is 2.20. The van der Waals surface area contributed by atoms with Crippen molar-refractivity contribution in [3.8, 4) is 0 Å². The summed E-state index contributed by atoms with van der Waals surface area (Å²) in [5, 5.41) is 4.25. The zero-order chi connectivity index (χ0) is 14.7. The first-order chi connectivity index (χ1) is 9.54. The Morgan fingerprint density at radius 1 is 1.35 bits per heavy atom. The maximum Gasteiger partial charge on any atom is 0.212 e. The minimum Gasteiger partial charge on any atom is -0.287 e. The molecular formula is C15H17BrN2OS. The molecule has 0 amide bonds. The van der Waals surface area contributed by atoms with Gasteiger partial charge in [-0.3, -0.25) is 9.48 Å². The van der Waals surface area contributed by atoms with Crippen LogP contribution in [0.1, 0.15) is 42.9 Å². The molecule has 0 N–H and O–H groups in total. The topological polar surface area (TPSA) is 34.9 Å². The molecule has 0 unspecified atom stereocenters. The number of hydrogen-bond acceptors (Lipinski definition) is 3. The predicted molar refractivity (Wildman–Crippen MR) is 86.6 cm³/mol. The lowest BCUT2D eigenvalue weighted by Gasteiger charge is -2.11. The number of halogens is 1. The van der Waals surface area contributed by atoms with E-state index in [-0.39, 0.29) is 11.8 Å². The second-order valence-corrected chi connectivity index (χ2v) is 6.86. The number of carbonyl (C=O) groups excluding carboxylic acids is 1. The molecule has 5 heteroatoms. The minimum absolute atomic E-state index is 0.00359. The molecule has 1 aromatic carbocycles. The zero-order valence-electron chi connectivity index (χ0n) is 11.8. The van der Waals surface area contributed by atoms with Crippen molar-refractivity contribution in [2.24, 2.45) is 0 Å². The Morgan fingerprint density at radius 3 is 2.55 bits per heavy atom. The van der Waals surface area contributed by atoms with Crippen LogP contribution in [0.2, 0.25) is 0 Å². The average molecular weight is 353 g/mol. The molecule has 1 aromatic heterocycles. The van der Waals surface area contributed by atoms with Crippen LogP contribution in [0.15, 0.2) is 39.8 Å². The smallest absolute Gasteiger partial charge is 0.212 e. The highest BCUT2D eigenvalue weighted by Crippen LogP contribution is 2.24. The molecule has 0 fully saturated rings. The van der Waals surface area contributed by atoms with Crippen molar-refractivity contribution in [1.29, 1.82) is 0 Å². The summed E-state index contributed by atoms with van der Waals surface area (Å²) < 4.78 is 2.49. The summed E-state index contributed by atoms with van der Waals surface area (Å²) in [6, 6.07) is 7.89. The monoisotopic (exact) mass is 352 g/mol. The van der Waals surface area contributed by atoms with E-state index in [1.54, 1.807) is 22.6 Å². The van der Waals surface area contributed by atoms with Crippen LogP contribution in [0.4, 0.5) is 0 Å². The van der Waals surface area contributed by atoms with Crippen molar-refractivity contribution in [1.82, 2.24) is 9.78 Å². The summed E-state index contributed by atoms with van der Waals surface area (Å²) >= 11 is 5.18. The van der Waals surface area contributed by atoms with Gasteiger partial charge in [0.2, 0.25) is 5.78 Å². The van der Waals surface area contributed by atoms with Gasteiger partial charge < -0.3 is 0 Å². The van der Waals surface area contributed by atoms with Gasteiger partial charge in [-0.2, -0.15) is 5.10 Å². The van der Waals surface area contributed by atoms with E-state index in [9.17, 15) is 4.79 Å². The summed E-state index contributed by atoms with van der Waals surface area (Å²) in [5.74, 6) is 1.02. The maximum atomic E-state index is 12.6. The molecule has 2 rings (SSSR count). The molecule has 0 spiro atoms. The Morgan fingerprint density at radius 2 is 2.00 bits per heavy atom. The van der Waals surface area contributed by atoms with Gasteiger partial charge >= 0.3 is 0 Å². The predicted octanol–water partition coefficient (Wildman–Crippen LogP) is 4.57. The average Bonchev–Trinajstić information content (AvgIpc) is 2.81. The van der Waals surface area contributed by atoms with Crippen molar-refractivity contribution >= 4 is 33.5 Å². The summed E-state index contributed by atoms with van der Waals surface area (Å²) in [7, 11) is 0. The standard InChI is InChI=1S/C15H17BrN2OS/c1-4-20-12-7-5-11(6-8-12)15(19)14-13(16)9-17-18(14)10(2)3/h5-10H,4H2,1-3H3. The zero-order valence-corrected chi connectivity index (χ0v) is 14.2. The van der Waals surface area contributed by atoms with Gasteiger partial charge in [-0.15, -0.1) is 11.8 Å². The minimum atomic E-state index is -0.00359. The molecule has 20 heavy (non-hydrogen) atoms. The molecule has 0 aliphatic carbocycles. The van der Waals surface area contributed by atoms with Gasteiger partial charge in [-0.25, -0.2) is 0 Å². The molecule has 0 bridgehead atoms. The number of nitrogens with zero attached hydrogens (tertiary/aromatic N) is 2. The Kier molecular flexibility index (Phi) is 5.05. The van der Waals surface area contributed by atoms with Crippen LogP contribution in [0, 0.1) is 0 Å². The third kappa shape index (κ3) is 3.15. The molecule has 0 saturated carbocycles. The highest BCUT2D eigenvalue weighted by atomic mass is 79.9. The van der Waals surface area contributed by atoms with E-state index in [0.717, 1.165) is 10.2 Å². The number of carbonyl (C=O) groups is 1. The number of benzene rings is 1. The van der Waals surface area contributed by atoms with E-state index < -0.39 is 0 Å². The number of ketones is 1. The number of hydrogen-bond donors (Lipinski definition) is 0. The van der Waals surface area contributed by atoms with Gasteiger partial charge in [0.1, 0.15) is 5.69 Å².